The first-order valence-electron chi connectivity index (χ1n) is 7.90. The number of hydrogen-bond acceptors (Lipinski definition) is 3. The van der Waals surface area contributed by atoms with Gasteiger partial charge < -0.3 is 10.1 Å². The van der Waals surface area contributed by atoms with E-state index in [1.807, 2.05) is 0 Å². The topological polar surface area (TPSA) is 24.5 Å². The van der Waals surface area contributed by atoms with Gasteiger partial charge in [0.2, 0.25) is 0 Å². The third kappa shape index (κ3) is 4.89. The van der Waals surface area contributed by atoms with E-state index in [2.05, 4.69) is 24.1 Å². The summed E-state index contributed by atoms with van der Waals surface area (Å²) in [6.45, 7) is 8.43. The van der Waals surface area contributed by atoms with E-state index in [1.54, 1.807) is 0 Å². The predicted molar refractivity (Wildman–Crippen MR) is 81.0 cm³/mol. The van der Waals surface area contributed by atoms with Crippen molar-refractivity contribution in [3.8, 4) is 0 Å². The van der Waals surface area contributed by atoms with Crippen LogP contribution in [0.4, 0.5) is 0 Å². The highest BCUT2D eigenvalue weighted by atomic mass is 35.5. The quantitative estimate of drug-likeness (QED) is 0.636. The molecule has 3 unspecified atom stereocenters. The van der Waals surface area contributed by atoms with Gasteiger partial charge in [-0.1, -0.05) is 19.3 Å². The van der Waals surface area contributed by atoms with Gasteiger partial charge in [-0.2, -0.15) is 0 Å². The van der Waals surface area contributed by atoms with Crippen molar-refractivity contribution in [3.05, 3.63) is 0 Å². The summed E-state index contributed by atoms with van der Waals surface area (Å²) < 4.78 is 5.87. The van der Waals surface area contributed by atoms with E-state index >= 15 is 0 Å². The first-order valence-corrected chi connectivity index (χ1v) is 8.33. The van der Waals surface area contributed by atoms with E-state index in [0.29, 0.717) is 23.6 Å². The van der Waals surface area contributed by atoms with Crippen LogP contribution in [0.1, 0.15) is 46.0 Å². The highest BCUT2D eigenvalue weighted by Crippen LogP contribution is 2.22. The molecule has 0 radical (unpaired) electrons. The Morgan fingerprint density at radius 2 is 2.05 bits per heavy atom. The average molecular weight is 289 g/mol. The fourth-order valence-electron chi connectivity index (χ4n) is 3.11. The van der Waals surface area contributed by atoms with E-state index < -0.39 is 0 Å². The molecule has 1 heterocycles. The zero-order chi connectivity index (χ0) is 13.7. The summed E-state index contributed by atoms with van der Waals surface area (Å²) in [6, 6.07) is 1.09. The third-order valence-electron chi connectivity index (χ3n) is 4.44. The van der Waals surface area contributed by atoms with Crippen molar-refractivity contribution < 1.29 is 4.74 Å². The largest absolute Gasteiger partial charge is 0.374 e. The van der Waals surface area contributed by atoms with Crippen molar-refractivity contribution in [2.45, 2.75) is 69.5 Å². The normalized spacial score (nSPS) is 34.4. The Morgan fingerprint density at radius 1 is 1.26 bits per heavy atom. The molecule has 3 nitrogen and oxygen atoms in total. The second kappa shape index (κ2) is 7.82. The van der Waals surface area contributed by atoms with E-state index in [0.717, 1.165) is 32.7 Å². The molecule has 4 heteroatoms. The molecule has 0 aromatic rings. The molecule has 0 aromatic carbocycles. The number of alkyl halides is 1. The second-order valence-corrected chi connectivity index (χ2v) is 6.81. The van der Waals surface area contributed by atoms with Crippen molar-refractivity contribution in [3.63, 3.8) is 0 Å². The van der Waals surface area contributed by atoms with Gasteiger partial charge >= 0.3 is 0 Å². The molecule has 0 amide bonds. The Bertz CT molecular complexity index is 263. The molecular weight excluding hydrogens is 260 g/mol. The average Bonchev–Trinajstić information content (AvgIpc) is 2.61. The first kappa shape index (κ1) is 15.6. The molecule has 3 atom stereocenters. The highest BCUT2D eigenvalue weighted by molar-refractivity contribution is 6.21. The molecule has 1 aliphatic carbocycles. The van der Waals surface area contributed by atoms with Gasteiger partial charge in [-0.3, -0.25) is 4.90 Å². The summed E-state index contributed by atoms with van der Waals surface area (Å²) in [4.78, 5) is 2.50. The number of morpholine rings is 1. The van der Waals surface area contributed by atoms with Crippen molar-refractivity contribution in [1.29, 1.82) is 0 Å². The smallest absolute Gasteiger partial charge is 0.0826 e. The zero-order valence-corrected chi connectivity index (χ0v) is 13.2. The van der Waals surface area contributed by atoms with E-state index in [-0.39, 0.29) is 0 Å². The fourth-order valence-corrected chi connectivity index (χ4v) is 3.48. The van der Waals surface area contributed by atoms with Crippen LogP contribution in [-0.4, -0.2) is 54.7 Å². The van der Waals surface area contributed by atoms with Gasteiger partial charge in [0, 0.05) is 37.1 Å². The maximum absolute atomic E-state index is 6.47. The molecular formula is C15H29ClN2O. The summed E-state index contributed by atoms with van der Waals surface area (Å²) in [5.74, 6) is 0. The third-order valence-corrected chi connectivity index (χ3v) is 4.96. The molecule has 0 spiro atoms. The van der Waals surface area contributed by atoms with Crippen molar-refractivity contribution in [1.82, 2.24) is 10.2 Å². The van der Waals surface area contributed by atoms with Crippen LogP contribution in [0, 0.1) is 0 Å². The summed E-state index contributed by atoms with van der Waals surface area (Å²) >= 11 is 6.47. The second-order valence-electron chi connectivity index (χ2n) is 6.25. The van der Waals surface area contributed by atoms with Crippen molar-refractivity contribution in [2.24, 2.45) is 0 Å². The van der Waals surface area contributed by atoms with E-state index in [4.69, 9.17) is 16.3 Å². The number of rotatable bonds is 4. The molecule has 1 aliphatic heterocycles. The van der Waals surface area contributed by atoms with Crippen LogP contribution in [-0.2, 0) is 4.74 Å². The molecule has 0 bridgehead atoms. The molecule has 1 N–H and O–H groups in total. The van der Waals surface area contributed by atoms with Gasteiger partial charge in [0.1, 0.15) is 0 Å². The minimum Gasteiger partial charge on any atom is -0.374 e. The lowest BCUT2D eigenvalue weighted by Gasteiger charge is -2.36. The number of ether oxygens (including phenoxy) is 1. The van der Waals surface area contributed by atoms with Gasteiger partial charge in [0.25, 0.3) is 0 Å². The van der Waals surface area contributed by atoms with Crippen LogP contribution in [0.3, 0.4) is 0 Å². The highest BCUT2D eigenvalue weighted by Gasteiger charge is 2.25. The first-order chi connectivity index (χ1) is 9.16. The van der Waals surface area contributed by atoms with Crippen LogP contribution in [0.25, 0.3) is 0 Å². The number of hydrogen-bond donors (Lipinski definition) is 1. The minimum atomic E-state index is 0.298. The predicted octanol–water partition coefficient (Wildman–Crippen LogP) is 2.63. The van der Waals surface area contributed by atoms with Gasteiger partial charge in [-0.15, -0.1) is 11.6 Å². The molecule has 19 heavy (non-hydrogen) atoms. The fraction of sp³-hybridized carbons (Fsp3) is 1.00. The lowest BCUT2D eigenvalue weighted by molar-refractivity contribution is -0.0382. The molecule has 1 saturated carbocycles. The molecule has 0 aromatic heterocycles. The van der Waals surface area contributed by atoms with Crippen LogP contribution in [0.2, 0.25) is 0 Å². The van der Waals surface area contributed by atoms with Gasteiger partial charge in [0.05, 0.1) is 12.7 Å². The van der Waals surface area contributed by atoms with Crippen LogP contribution >= 0.6 is 11.6 Å². The monoisotopic (exact) mass is 288 g/mol. The number of nitrogens with one attached hydrogen (secondary N) is 1. The summed E-state index contributed by atoms with van der Waals surface area (Å²) in [5.41, 5.74) is 0. The van der Waals surface area contributed by atoms with Crippen molar-refractivity contribution in [2.75, 3.05) is 26.2 Å². The Hall–Kier alpha value is 0.170. The molecule has 2 rings (SSSR count). The van der Waals surface area contributed by atoms with E-state index in [1.165, 1.54) is 25.7 Å². The summed E-state index contributed by atoms with van der Waals surface area (Å²) in [7, 11) is 0. The lowest BCUT2D eigenvalue weighted by atomic mass is 10.1. The van der Waals surface area contributed by atoms with Gasteiger partial charge in [0.15, 0.2) is 0 Å². The SMILES string of the molecule is CC(C)N1CCOC(CNC2CCCCCC2Cl)C1. The van der Waals surface area contributed by atoms with Gasteiger partial charge in [-0.25, -0.2) is 0 Å². The maximum atomic E-state index is 6.47. The summed E-state index contributed by atoms with van der Waals surface area (Å²) in [6.07, 6.45) is 6.63. The molecule has 2 aliphatic rings. The molecule has 1 saturated heterocycles. The van der Waals surface area contributed by atoms with Crippen LogP contribution in [0.5, 0.6) is 0 Å². The number of halogens is 1. The van der Waals surface area contributed by atoms with Crippen LogP contribution < -0.4 is 5.32 Å². The summed E-state index contributed by atoms with van der Waals surface area (Å²) in [5, 5.41) is 3.96. The van der Waals surface area contributed by atoms with Gasteiger partial charge in [-0.05, 0) is 26.7 Å². The zero-order valence-electron chi connectivity index (χ0n) is 12.4. The minimum absolute atomic E-state index is 0.298. The molecule has 2 fully saturated rings. The maximum Gasteiger partial charge on any atom is 0.0826 e. The Kier molecular flexibility index (Phi) is 6.40. The van der Waals surface area contributed by atoms with Crippen LogP contribution in [0.15, 0.2) is 0 Å². The standard InChI is InChI=1S/C15H29ClN2O/c1-12(2)18-8-9-19-13(11-18)10-17-15-7-5-3-4-6-14(15)16/h12-15,17H,3-11H2,1-2H3. The lowest BCUT2D eigenvalue weighted by Crippen LogP contribution is -2.51. The van der Waals surface area contributed by atoms with Crippen molar-refractivity contribution >= 4 is 11.6 Å². The molecule has 112 valence electrons. The number of nitrogens with zero attached hydrogens (tertiary/aromatic N) is 1. The van der Waals surface area contributed by atoms with E-state index in [9.17, 15) is 0 Å². The Balaban J connectivity index is 1.74. The Labute approximate surface area is 123 Å². The Morgan fingerprint density at radius 3 is 2.84 bits per heavy atom.